The molecule has 0 unspecified atom stereocenters. The number of ether oxygens (including phenoxy) is 1. The first kappa shape index (κ1) is 13.2. The SMILES string of the molecule is C=C(C)Oc1ccc([N+](=O)[O-])cc1.CC. The van der Waals surface area contributed by atoms with Gasteiger partial charge in [0, 0.05) is 12.1 Å². The van der Waals surface area contributed by atoms with Gasteiger partial charge in [0.25, 0.3) is 5.69 Å². The first-order chi connectivity index (χ1) is 7.09. The smallest absolute Gasteiger partial charge is 0.269 e. The quantitative estimate of drug-likeness (QED) is 0.434. The van der Waals surface area contributed by atoms with Crippen molar-refractivity contribution in [2.24, 2.45) is 0 Å². The fourth-order valence-corrected chi connectivity index (χ4v) is 0.837. The predicted molar refractivity (Wildman–Crippen MR) is 59.9 cm³/mol. The molecule has 15 heavy (non-hydrogen) atoms. The Morgan fingerprint density at radius 3 is 2.13 bits per heavy atom. The molecule has 0 aliphatic rings. The minimum absolute atomic E-state index is 0.0501. The summed E-state index contributed by atoms with van der Waals surface area (Å²) in [6, 6.07) is 5.84. The average molecular weight is 209 g/mol. The molecular formula is C11H15NO3. The number of hydrogen-bond donors (Lipinski definition) is 0. The Balaban J connectivity index is 0.000000921. The van der Waals surface area contributed by atoms with Gasteiger partial charge < -0.3 is 4.74 Å². The van der Waals surface area contributed by atoms with Crippen molar-refractivity contribution in [3.63, 3.8) is 0 Å². The standard InChI is InChI=1S/C9H9NO3.C2H6/c1-7(2)13-9-5-3-8(4-6-9)10(11)12;1-2/h3-6H,1H2,2H3;1-2H3. The number of allylic oxidation sites excluding steroid dienone is 1. The Bertz CT molecular complexity index is 330. The van der Waals surface area contributed by atoms with E-state index in [-0.39, 0.29) is 5.69 Å². The lowest BCUT2D eigenvalue weighted by molar-refractivity contribution is -0.384. The van der Waals surface area contributed by atoms with E-state index in [2.05, 4.69) is 6.58 Å². The number of nitrogens with zero attached hydrogens (tertiary/aromatic N) is 1. The summed E-state index contributed by atoms with van der Waals surface area (Å²) in [7, 11) is 0. The van der Waals surface area contributed by atoms with Crippen molar-refractivity contribution in [3.05, 3.63) is 46.7 Å². The van der Waals surface area contributed by atoms with Crippen LogP contribution in [0.1, 0.15) is 20.8 Å². The summed E-state index contributed by atoms with van der Waals surface area (Å²) in [6.07, 6.45) is 0. The molecule has 82 valence electrons. The Morgan fingerprint density at radius 1 is 1.33 bits per heavy atom. The van der Waals surface area contributed by atoms with Gasteiger partial charge in [0.2, 0.25) is 0 Å². The molecule has 0 atom stereocenters. The number of benzene rings is 1. The van der Waals surface area contributed by atoms with Crippen LogP contribution in [0, 0.1) is 10.1 Å². The number of hydrogen-bond acceptors (Lipinski definition) is 3. The summed E-state index contributed by atoms with van der Waals surface area (Å²) in [5, 5.41) is 10.3. The highest BCUT2D eigenvalue weighted by molar-refractivity contribution is 5.36. The third-order valence-electron chi connectivity index (χ3n) is 1.34. The van der Waals surface area contributed by atoms with Crippen LogP contribution in [-0.4, -0.2) is 4.92 Å². The van der Waals surface area contributed by atoms with Gasteiger partial charge in [-0.15, -0.1) is 0 Å². The Labute approximate surface area is 89.3 Å². The Morgan fingerprint density at radius 2 is 1.80 bits per heavy atom. The molecule has 0 saturated carbocycles. The Kier molecular flexibility index (Phi) is 5.78. The maximum absolute atomic E-state index is 10.3. The van der Waals surface area contributed by atoms with Gasteiger partial charge >= 0.3 is 0 Å². The lowest BCUT2D eigenvalue weighted by Crippen LogP contribution is -1.90. The fraction of sp³-hybridized carbons (Fsp3) is 0.273. The lowest BCUT2D eigenvalue weighted by atomic mass is 10.3. The van der Waals surface area contributed by atoms with Crippen LogP contribution in [-0.2, 0) is 0 Å². The molecule has 0 aliphatic heterocycles. The highest BCUT2D eigenvalue weighted by Crippen LogP contribution is 2.18. The molecule has 0 bridgehead atoms. The van der Waals surface area contributed by atoms with Crippen molar-refractivity contribution in [3.8, 4) is 5.75 Å². The zero-order chi connectivity index (χ0) is 11.8. The molecule has 0 N–H and O–H groups in total. The molecule has 0 aromatic heterocycles. The number of nitro groups is 1. The second kappa shape index (κ2) is 6.59. The van der Waals surface area contributed by atoms with Crippen molar-refractivity contribution < 1.29 is 9.66 Å². The molecule has 0 aliphatic carbocycles. The lowest BCUT2D eigenvalue weighted by Gasteiger charge is -2.02. The molecule has 0 heterocycles. The summed E-state index contributed by atoms with van der Waals surface area (Å²) in [5.41, 5.74) is 0.0501. The number of non-ortho nitro benzene ring substituents is 1. The van der Waals surface area contributed by atoms with Gasteiger partial charge in [0.1, 0.15) is 5.75 Å². The average Bonchev–Trinajstić information content (AvgIpc) is 2.20. The van der Waals surface area contributed by atoms with Gasteiger partial charge in [-0.1, -0.05) is 20.4 Å². The molecule has 0 amide bonds. The molecule has 1 aromatic carbocycles. The topological polar surface area (TPSA) is 52.4 Å². The molecule has 1 aromatic rings. The molecule has 0 saturated heterocycles. The second-order valence-electron chi connectivity index (χ2n) is 2.56. The van der Waals surface area contributed by atoms with Crippen LogP contribution in [0.3, 0.4) is 0 Å². The predicted octanol–water partition coefficient (Wildman–Crippen LogP) is 3.53. The van der Waals surface area contributed by atoms with Crippen molar-refractivity contribution in [2.45, 2.75) is 20.8 Å². The molecule has 4 heteroatoms. The number of rotatable bonds is 3. The van der Waals surface area contributed by atoms with Crippen LogP contribution >= 0.6 is 0 Å². The minimum Gasteiger partial charge on any atom is -0.463 e. The van der Waals surface area contributed by atoms with Gasteiger partial charge in [-0.2, -0.15) is 0 Å². The summed E-state index contributed by atoms with van der Waals surface area (Å²) < 4.78 is 5.13. The van der Waals surface area contributed by atoms with Crippen LogP contribution in [0.5, 0.6) is 5.75 Å². The summed E-state index contributed by atoms with van der Waals surface area (Å²) in [6.45, 7) is 9.26. The Hall–Kier alpha value is -1.84. The molecule has 4 nitrogen and oxygen atoms in total. The molecule has 0 radical (unpaired) electrons. The zero-order valence-corrected chi connectivity index (χ0v) is 9.19. The summed E-state index contributed by atoms with van der Waals surface area (Å²) in [5.74, 6) is 1.10. The van der Waals surface area contributed by atoms with E-state index in [1.165, 1.54) is 24.3 Å². The molecule has 1 rings (SSSR count). The third-order valence-corrected chi connectivity index (χ3v) is 1.34. The van der Waals surface area contributed by atoms with Crippen molar-refractivity contribution in [2.75, 3.05) is 0 Å². The maximum atomic E-state index is 10.3. The third kappa shape index (κ3) is 4.81. The van der Waals surface area contributed by atoms with E-state index < -0.39 is 4.92 Å². The molecular weight excluding hydrogens is 194 g/mol. The van der Waals surface area contributed by atoms with Crippen molar-refractivity contribution in [1.82, 2.24) is 0 Å². The van der Waals surface area contributed by atoms with E-state index in [4.69, 9.17) is 4.74 Å². The minimum atomic E-state index is -0.454. The molecule has 0 spiro atoms. The zero-order valence-electron chi connectivity index (χ0n) is 9.19. The van der Waals surface area contributed by atoms with Crippen molar-refractivity contribution in [1.29, 1.82) is 0 Å². The largest absolute Gasteiger partial charge is 0.463 e. The van der Waals surface area contributed by atoms with Crippen LogP contribution in [0.25, 0.3) is 0 Å². The van der Waals surface area contributed by atoms with E-state index in [0.717, 1.165) is 0 Å². The molecule has 0 fully saturated rings. The monoisotopic (exact) mass is 209 g/mol. The fourth-order valence-electron chi connectivity index (χ4n) is 0.837. The maximum Gasteiger partial charge on any atom is 0.269 e. The summed E-state index contributed by atoms with van der Waals surface area (Å²) in [4.78, 5) is 9.83. The van der Waals surface area contributed by atoms with E-state index in [1.807, 2.05) is 13.8 Å². The van der Waals surface area contributed by atoms with Crippen molar-refractivity contribution >= 4 is 5.69 Å². The number of nitro benzene ring substituents is 1. The van der Waals surface area contributed by atoms with Gasteiger partial charge in [-0.05, 0) is 19.1 Å². The van der Waals surface area contributed by atoms with Crippen LogP contribution < -0.4 is 4.74 Å². The van der Waals surface area contributed by atoms with Crippen LogP contribution in [0.4, 0.5) is 5.69 Å². The van der Waals surface area contributed by atoms with Gasteiger partial charge in [-0.3, -0.25) is 10.1 Å². The highest BCUT2D eigenvalue weighted by atomic mass is 16.6. The summed E-state index contributed by atoms with van der Waals surface area (Å²) >= 11 is 0. The second-order valence-corrected chi connectivity index (χ2v) is 2.56. The van der Waals surface area contributed by atoms with E-state index in [1.54, 1.807) is 6.92 Å². The van der Waals surface area contributed by atoms with E-state index in [0.29, 0.717) is 11.5 Å². The first-order valence-electron chi connectivity index (χ1n) is 4.67. The highest BCUT2D eigenvalue weighted by Gasteiger charge is 2.03. The van der Waals surface area contributed by atoms with Gasteiger partial charge in [0.15, 0.2) is 0 Å². The van der Waals surface area contributed by atoms with E-state index >= 15 is 0 Å². The normalized spacial score (nSPS) is 8.47. The van der Waals surface area contributed by atoms with Gasteiger partial charge in [0.05, 0.1) is 10.7 Å². The van der Waals surface area contributed by atoms with E-state index in [9.17, 15) is 10.1 Å². The van der Waals surface area contributed by atoms with Gasteiger partial charge in [-0.25, -0.2) is 0 Å². The van der Waals surface area contributed by atoms with Crippen LogP contribution in [0.15, 0.2) is 36.6 Å². The first-order valence-corrected chi connectivity index (χ1v) is 4.67. The van der Waals surface area contributed by atoms with Crippen LogP contribution in [0.2, 0.25) is 0 Å².